The van der Waals surface area contributed by atoms with Crippen molar-refractivity contribution in [1.82, 2.24) is 10.2 Å². The largest absolute Gasteiger partial charge is 0.348 e. The van der Waals surface area contributed by atoms with Crippen molar-refractivity contribution in [2.45, 2.75) is 20.4 Å². The summed E-state index contributed by atoms with van der Waals surface area (Å²) in [6.45, 7) is 4.39. The number of benzene rings is 2. The summed E-state index contributed by atoms with van der Waals surface area (Å²) in [7, 11) is 3.45. The molecule has 4 nitrogen and oxygen atoms in total. The zero-order valence-electron chi connectivity index (χ0n) is 14.0. The third kappa shape index (κ3) is 4.42. The third-order valence-corrected chi connectivity index (χ3v) is 3.54. The van der Waals surface area contributed by atoms with Gasteiger partial charge in [0, 0.05) is 31.8 Å². The molecule has 2 rings (SSSR count). The molecule has 0 bridgehead atoms. The minimum atomic E-state index is -0.0924. The summed E-state index contributed by atoms with van der Waals surface area (Å²) in [5, 5.41) is 2.91. The van der Waals surface area contributed by atoms with Gasteiger partial charge in [-0.2, -0.15) is 0 Å². The predicted molar refractivity (Wildman–Crippen MR) is 91.5 cm³/mol. The molecule has 0 unspecified atom stereocenters. The Morgan fingerprint density at radius 1 is 0.913 bits per heavy atom. The van der Waals surface area contributed by atoms with Crippen LogP contribution in [0.15, 0.2) is 42.5 Å². The second-order valence-electron chi connectivity index (χ2n) is 5.96. The molecule has 0 radical (unpaired) electrons. The van der Waals surface area contributed by atoms with Gasteiger partial charge in [0.05, 0.1) is 0 Å². The Morgan fingerprint density at radius 2 is 1.48 bits per heavy atom. The first-order chi connectivity index (χ1) is 10.9. The highest BCUT2D eigenvalue weighted by Gasteiger charge is 2.09. The maximum Gasteiger partial charge on any atom is 0.253 e. The lowest BCUT2D eigenvalue weighted by Crippen LogP contribution is -2.23. The number of rotatable bonds is 4. The Balaban J connectivity index is 2.00. The number of amides is 2. The molecule has 0 aliphatic rings. The van der Waals surface area contributed by atoms with Crippen molar-refractivity contribution < 1.29 is 9.59 Å². The summed E-state index contributed by atoms with van der Waals surface area (Å²) in [5.74, 6) is -0.124. The van der Waals surface area contributed by atoms with E-state index in [0.717, 1.165) is 16.7 Å². The summed E-state index contributed by atoms with van der Waals surface area (Å²) >= 11 is 0. The van der Waals surface area contributed by atoms with E-state index in [9.17, 15) is 9.59 Å². The van der Waals surface area contributed by atoms with Crippen molar-refractivity contribution >= 4 is 11.8 Å². The fourth-order valence-corrected chi connectivity index (χ4v) is 2.41. The summed E-state index contributed by atoms with van der Waals surface area (Å²) < 4.78 is 0. The molecule has 0 aliphatic heterocycles. The van der Waals surface area contributed by atoms with Crippen LogP contribution in [0.2, 0.25) is 0 Å². The third-order valence-electron chi connectivity index (χ3n) is 3.54. The molecule has 0 aliphatic carbocycles. The average molecular weight is 310 g/mol. The smallest absolute Gasteiger partial charge is 0.253 e. The van der Waals surface area contributed by atoms with E-state index in [4.69, 9.17) is 0 Å². The van der Waals surface area contributed by atoms with E-state index >= 15 is 0 Å². The maximum atomic E-state index is 12.2. The first-order valence-corrected chi connectivity index (χ1v) is 7.54. The minimum Gasteiger partial charge on any atom is -0.348 e. The Kier molecular flexibility index (Phi) is 5.16. The molecule has 0 heterocycles. The van der Waals surface area contributed by atoms with Gasteiger partial charge in [-0.25, -0.2) is 0 Å². The normalized spacial score (nSPS) is 10.3. The second-order valence-corrected chi connectivity index (χ2v) is 5.96. The standard InChI is InChI=1S/C19H22N2O2/c1-13-9-14(2)11-17(10-13)18(22)20-12-15-5-7-16(8-6-15)19(23)21(3)4/h5-11H,12H2,1-4H3,(H,20,22). The van der Waals surface area contributed by atoms with Crippen LogP contribution < -0.4 is 5.32 Å². The molecule has 0 spiro atoms. The molecular formula is C19H22N2O2. The van der Waals surface area contributed by atoms with Gasteiger partial charge in [-0.3, -0.25) is 9.59 Å². The van der Waals surface area contributed by atoms with Gasteiger partial charge >= 0.3 is 0 Å². The van der Waals surface area contributed by atoms with Gasteiger partial charge in [-0.05, 0) is 43.7 Å². The SMILES string of the molecule is Cc1cc(C)cc(C(=O)NCc2ccc(C(=O)N(C)C)cc2)c1. The highest BCUT2D eigenvalue weighted by molar-refractivity contribution is 5.95. The van der Waals surface area contributed by atoms with Crippen LogP contribution in [0.25, 0.3) is 0 Å². The Hall–Kier alpha value is -2.62. The molecule has 0 saturated heterocycles. The lowest BCUT2D eigenvalue weighted by atomic mass is 10.1. The van der Waals surface area contributed by atoms with E-state index in [1.165, 1.54) is 4.90 Å². The van der Waals surface area contributed by atoms with Gasteiger partial charge in [0.1, 0.15) is 0 Å². The van der Waals surface area contributed by atoms with Gasteiger partial charge in [-0.1, -0.05) is 29.3 Å². The van der Waals surface area contributed by atoms with Crippen molar-refractivity contribution in [3.63, 3.8) is 0 Å². The monoisotopic (exact) mass is 310 g/mol. The topological polar surface area (TPSA) is 49.4 Å². The molecule has 0 atom stereocenters. The van der Waals surface area contributed by atoms with Crippen LogP contribution in [-0.4, -0.2) is 30.8 Å². The van der Waals surface area contributed by atoms with Crippen molar-refractivity contribution in [2.75, 3.05) is 14.1 Å². The molecule has 0 saturated carbocycles. The zero-order chi connectivity index (χ0) is 17.0. The predicted octanol–water partition coefficient (Wildman–Crippen LogP) is 2.94. The molecule has 0 fully saturated rings. The van der Waals surface area contributed by atoms with Crippen LogP contribution in [-0.2, 0) is 6.54 Å². The van der Waals surface area contributed by atoms with Gasteiger partial charge in [0.25, 0.3) is 11.8 Å². The van der Waals surface area contributed by atoms with Crippen LogP contribution in [0.5, 0.6) is 0 Å². The highest BCUT2D eigenvalue weighted by Crippen LogP contribution is 2.10. The van der Waals surface area contributed by atoms with E-state index in [1.54, 1.807) is 26.2 Å². The summed E-state index contributed by atoms with van der Waals surface area (Å²) in [5.41, 5.74) is 4.41. The lowest BCUT2D eigenvalue weighted by Gasteiger charge is -2.11. The van der Waals surface area contributed by atoms with Gasteiger partial charge in [0.15, 0.2) is 0 Å². The van der Waals surface area contributed by atoms with Crippen molar-refractivity contribution in [3.8, 4) is 0 Å². The minimum absolute atomic E-state index is 0.0316. The van der Waals surface area contributed by atoms with E-state index in [0.29, 0.717) is 17.7 Å². The van der Waals surface area contributed by atoms with E-state index < -0.39 is 0 Å². The van der Waals surface area contributed by atoms with E-state index in [1.807, 2.05) is 44.2 Å². The maximum absolute atomic E-state index is 12.2. The average Bonchev–Trinajstić information content (AvgIpc) is 2.51. The summed E-state index contributed by atoms with van der Waals surface area (Å²) in [6.07, 6.45) is 0. The lowest BCUT2D eigenvalue weighted by molar-refractivity contribution is 0.0827. The first kappa shape index (κ1) is 16.7. The molecular weight excluding hydrogens is 288 g/mol. The second kappa shape index (κ2) is 7.09. The molecule has 1 N–H and O–H groups in total. The molecule has 2 amide bonds. The molecule has 2 aromatic carbocycles. The molecule has 4 heteroatoms. The van der Waals surface area contributed by atoms with Gasteiger partial charge in [0.2, 0.25) is 0 Å². The fourth-order valence-electron chi connectivity index (χ4n) is 2.41. The zero-order valence-corrected chi connectivity index (χ0v) is 14.0. The van der Waals surface area contributed by atoms with Crippen LogP contribution in [0, 0.1) is 13.8 Å². The van der Waals surface area contributed by atoms with E-state index in [-0.39, 0.29) is 11.8 Å². The van der Waals surface area contributed by atoms with Crippen molar-refractivity contribution in [1.29, 1.82) is 0 Å². The number of aryl methyl sites for hydroxylation is 2. The number of hydrogen-bond acceptors (Lipinski definition) is 2. The van der Waals surface area contributed by atoms with Crippen LogP contribution >= 0.6 is 0 Å². The molecule has 2 aromatic rings. The summed E-state index contributed by atoms with van der Waals surface area (Å²) in [4.78, 5) is 25.6. The number of carbonyl (C=O) groups excluding carboxylic acids is 2. The number of nitrogens with one attached hydrogen (secondary N) is 1. The molecule has 0 aromatic heterocycles. The molecule has 23 heavy (non-hydrogen) atoms. The molecule has 120 valence electrons. The quantitative estimate of drug-likeness (QED) is 0.944. The van der Waals surface area contributed by atoms with Crippen LogP contribution in [0.1, 0.15) is 37.4 Å². The van der Waals surface area contributed by atoms with Crippen molar-refractivity contribution in [3.05, 3.63) is 70.3 Å². The highest BCUT2D eigenvalue weighted by atomic mass is 16.2. The van der Waals surface area contributed by atoms with Crippen molar-refractivity contribution in [2.24, 2.45) is 0 Å². The van der Waals surface area contributed by atoms with E-state index in [2.05, 4.69) is 5.32 Å². The Labute approximate surface area is 137 Å². The summed E-state index contributed by atoms with van der Waals surface area (Å²) in [6, 6.07) is 13.1. The van der Waals surface area contributed by atoms with Crippen LogP contribution in [0.3, 0.4) is 0 Å². The number of nitrogens with zero attached hydrogens (tertiary/aromatic N) is 1. The van der Waals surface area contributed by atoms with Gasteiger partial charge < -0.3 is 10.2 Å². The first-order valence-electron chi connectivity index (χ1n) is 7.54. The van der Waals surface area contributed by atoms with Gasteiger partial charge in [-0.15, -0.1) is 0 Å². The number of carbonyl (C=O) groups is 2. The Bertz CT molecular complexity index is 698. The fraction of sp³-hybridized carbons (Fsp3) is 0.263. The Morgan fingerprint density at radius 3 is 2.00 bits per heavy atom. The number of hydrogen-bond donors (Lipinski definition) is 1. The van der Waals surface area contributed by atoms with Crippen LogP contribution in [0.4, 0.5) is 0 Å².